The van der Waals surface area contributed by atoms with Gasteiger partial charge in [-0.3, -0.25) is 0 Å². The predicted octanol–water partition coefficient (Wildman–Crippen LogP) is 3.09. The quantitative estimate of drug-likeness (QED) is 0.875. The fraction of sp³-hybridized carbons (Fsp3) is 0.231. The normalized spacial score (nSPS) is 10.3. The van der Waals surface area contributed by atoms with Crippen molar-refractivity contribution in [3.05, 3.63) is 42.7 Å². The van der Waals surface area contributed by atoms with E-state index in [9.17, 15) is 0 Å². The summed E-state index contributed by atoms with van der Waals surface area (Å²) in [6, 6.07) is 9.55. The van der Waals surface area contributed by atoms with Crippen LogP contribution in [0.5, 0.6) is 11.6 Å². The third-order valence-electron chi connectivity index (χ3n) is 2.05. The Balaban J connectivity index is 2.20. The van der Waals surface area contributed by atoms with Gasteiger partial charge in [-0.05, 0) is 32.0 Å². The van der Waals surface area contributed by atoms with Crippen LogP contribution < -0.4 is 10.1 Å². The van der Waals surface area contributed by atoms with Crippen LogP contribution in [0.25, 0.3) is 0 Å². The van der Waals surface area contributed by atoms with Gasteiger partial charge in [0.25, 0.3) is 0 Å². The molecule has 4 nitrogen and oxygen atoms in total. The molecule has 0 unspecified atom stereocenters. The second kappa shape index (κ2) is 5.30. The number of nitrogens with zero attached hydrogens (tertiary/aromatic N) is 2. The van der Waals surface area contributed by atoms with Crippen molar-refractivity contribution in [2.24, 2.45) is 0 Å². The number of aromatic nitrogens is 2. The Bertz CT molecular complexity index is 471. The van der Waals surface area contributed by atoms with E-state index < -0.39 is 0 Å². The van der Waals surface area contributed by atoms with E-state index >= 15 is 0 Å². The van der Waals surface area contributed by atoms with Crippen LogP contribution in [-0.2, 0) is 0 Å². The summed E-state index contributed by atoms with van der Waals surface area (Å²) >= 11 is 0. The van der Waals surface area contributed by atoms with E-state index in [0.717, 1.165) is 5.82 Å². The molecular formula is C13H15N3O. The average molecular weight is 229 g/mol. The van der Waals surface area contributed by atoms with Gasteiger partial charge in [-0.2, -0.15) is 0 Å². The van der Waals surface area contributed by atoms with Crippen molar-refractivity contribution < 1.29 is 4.74 Å². The van der Waals surface area contributed by atoms with Crippen molar-refractivity contribution >= 4 is 5.82 Å². The number of pyridine rings is 2. The number of hydrogen-bond acceptors (Lipinski definition) is 4. The zero-order chi connectivity index (χ0) is 12.1. The van der Waals surface area contributed by atoms with Crippen molar-refractivity contribution in [2.75, 3.05) is 5.32 Å². The standard InChI is InChI=1S/C13H15N3O/c1-10(2)16-13-11(6-5-9-15-13)17-12-7-3-4-8-14-12/h3-10H,1-2H3,(H,15,16). The Morgan fingerprint density at radius 1 is 1.06 bits per heavy atom. The Morgan fingerprint density at radius 3 is 2.59 bits per heavy atom. The topological polar surface area (TPSA) is 47.0 Å². The van der Waals surface area contributed by atoms with Gasteiger partial charge in [0.15, 0.2) is 11.6 Å². The van der Waals surface area contributed by atoms with Crippen LogP contribution in [0.1, 0.15) is 13.8 Å². The molecule has 0 atom stereocenters. The minimum Gasteiger partial charge on any atom is -0.435 e. The fourth-order valence-corrected chi connectivity index (χ4v) is 1.37. The molecule has 0 spiro atoms. The maximum Gasteiger partial charge on any atom is 0.219 e. The number of hydrogen-bond donors (Lipinski definition) is 1. The number of anilines is 1. The first-order valence-corrected chi connectivity index (χ1v) is 5.56. The van der Waals surface area contributed by atoms with Gasteiger partial charge >= 0.3 is 0 Å². The molecule has 4 heteroatoms. The second-order valence-corrected chi connectivity index (χ2v) is 3.92. The van der Waals surface area contributed by atoms with Crippen LogP contribution in [0.15, 0.2) is 42.7 Å². The first-order valence-electron chi connectivity index (χ1n) is 5.56. The first-order chi connectivity index (χ1) is 8.25. The first kappa shape index (κ1) is 11.4. The van der Waals surface area contributed by atoms with Crippen molar-refractivity contribution in [3.63, 3.8) is 0 Å². The van der Waals surface area contributed by atoms with Gasteiger partial charge in [0, 0.05) is 24.5 Å². The zero-order valence-electron chi connectivity index (χ0n) is 9.92. The molecule has 0 fully saturated rings. The minimum atomic E-state index is 0.302. The van der Waals surface area contributed by atoms with Gasteiger partial charge < -0.3 is 10.1 Å². The van der Waals surface area contributed by atoms with Crippen LogP contribution in [0, 0.1) is 0 Å². The smallest absolute Gasteiger partial charge is 0.219 e. The highest BCUT2D eigenvalue weighted by Crippen LogP contribution is 2.26. The van der Waals surface area contributed by atoms with Crippen LogP contribution in [0.4, 0.5) is 5.82 Å². The molecular weight excluding hydrogens is 214 g/mol. The van der Waals surface area contributed by atoms with Gasteiger partial charge in [0.05, 0.1) is 0 Å². The number of ether oxygens (including phenoxy) is 1. The molecule has 0 radical (unpaired) electrons. The molecule has 0 aliphatic heterocycles. The van der Waals surface area contributed by atoms with Crippen LogP contribution in [0.3, 0.4) is 0 Å². The Kier molecular flexibility index (Phi) is 3.55. The highest BCUT2D eigenvalue weighted by atomic mass is 16.5. The van der Waals surface area contributed by atoms with Crippen LogP contribution in [0.2, 0.25) is 0 Å². The molecule has 88 valence electrons. The second-order valence-electron chi connectivity index (χ2n) is 3.92. The lowest BCUT2D eigenvalue weighted by atomic mass is 10.3. The largest absolute Gasteiger partial charge is 0.435 e. The fourth-order valence-electron chi connectivity index (χ4n) is 1.37. The molecule has 0 amide bonds. The third-order valence-corrected chi connectivity index (χ3v) is 2.05. The van der Waals surface area contributed by atoms with Crippen LogP contribution >= 0.6 is 0 Å². The summed E-state index contributed by atoms with van der Waals surface area (Å²) in [5.74, 6) is 1.97. The summed E-state index contributed by atoms with van der Waals surface area (Å²) in [5.41, 5.74) is 0. The van der Waals surface area contributed by atoms with Crippen molar-refractivity contribution in [1.82, 2.24) is 9.97 Å². The molecule has 2 heterocycles. The third kappa shape index (κ3) is 3.17. The number of rotatable bonds is 4. The van der Waals surface area contributed by atoms with Crippen LogP contribution in [-0.4, -0.2) is 16.0 Å². The lowest BCUT2D eigenvalue weighted by Crippen LogP contribution is -2.11. The average Bonchev–Trinajstić information content (AvgIpc) is 2.32. The summed E-state index contributed by atoms with van der Waals surface area (Å²) in [6.45, 7) is 4.11. The van der Waals surface area contributed by atoms with Crippen molar-refractivity contribution in [3.8, 4) is 11.6 Å². The van der Waals surface area contributed by atoms with E-state index in [1.165, 1.54) is 0 Å². The van der Waals surface area contributed by atoms with E-state index in [1.54, 1.807) is 12.4 Å². The van der Waals surface area contributed by atoms with E-state index in [2.05, 4.69) is 29.1 Å². The van der Waals surface area contributed by atoms with Crippen molar-refractivity contribution in [2.45, 2.75) is 19.9 Å². The predicted molar refractivity (Wildman–Crippen MR) is 67.3 cm³/mol. The molecule has 0 aromatic carbocycles. The Hall–Kier alpha value is -2.10. The molecule has 17 heavy (non-hydrogen) atoms. The summed E-state index contributed by atoms with van der Waals surface area (Å²) in [6.07, 6.45) is 3.43. The maximum absolute atomic E-state index is 5.67. The van der Waals surface area contributed by atoms with Gasteiger partial charge in [0.1, 0.15) is 0 Å². The highest BCUT2D eigenvalue weighted by Gasteiger charge is 2.06. The lowest BCUT2D eigenvalue weighted by molar-refractivity contribution is 0.462. The summed E-state index contributed by atoms with van der Waals surface area (Å²) in [4.78, 5) is 8.37. The Labute approximate surface area is 101 Å². The maximum atomic E-state index is 5.67. The summed E-state index contributed by atoms with van der Waals surface area (Å²) < 4.78 is 5.67. The number of nitrogens with one attached hydrogen (secondary N) is 1. The molecule has 0 saturated carbocycles. The van der Waals surface area contributed by atoms with Gasteiger partial charge in [-0.15, -0.1) is 0 Å². The minimum absolute atomic E-state index is 0.302. The zero-order valence-corrected chi connectivity index (χ0v) is 9.92. The van der Waals surface area contributed by atoms with E-state index in [0.29, 0.717) is 17.7 Å². The van der Waals surface area contributed by atoms with E-state index in [1.807, 2.05) is 30.3 Å². The molecule has 2 rings (SSSR count). The Morgan fingerprint density at radius 2 is 1.88 bits per heavy atom. The molecule has 0 saturated heterocycles. The van der Waals surface area contributed by atoms with E-state index in [4.69, 9.17) is 4.74 Å². The summed E-state index contributed by atoms with van der Waals surface area (Å²) in [7, 11) is 0. The SMILES string of the molecule is CC(C)Nc1ncccc1Oc1ccccn1. The molecule has 0 aliphatic rings. The molecule has 2 aromatic rings. The molecule has 0 aliphatic carbocycles. The lowest BCUT2D eigenvalue weighted by Gasteiger charge is -2.13. The molecule has 2 aromatic heterocycles. The highest BCUT2D eigenvalue weighted by molar-refractivity contribution is 5.51. The van der Waals surface area contributed by atoms with Gasteiger partial charge in [0.2, 0.25) is 5.88 Å². The van der Waals surface area contributed by atoms with Crippen molar-refractivity contribution in [1.29, 1.82) is 0 Å². The monoisotopic (exact) mass is 229 g/mol. The van der Waals surface area contributed by atoms with Gasteiger partial charge in [-0.25, -0.2) is 9.97 Å². The molecule has 1 N–H and O–H groups in total. The summed E-state index contributed by atoms with van der Waals surface area (Å²) in [5, 5.41) is 3.23. The van der Waals surface area contributed by atoms with Gasteiger partial charge in [-0.1, -0.05) is 6.07 Å². The van der Waals surface area contributed by atoms with E-state index in [-0.39, 0.29) is 0 Å². The molecule has 0 bridgehead atoms.